The molecule has 0 heterocycles. The van der Waals surface area contributed by atoms with Gasteiger partial charge in [-0.15, -0.1) is 17.0 Å². The van der Waals surface area contributed by atoms with Crippen LogP contribution in [0.2, 0.25) is 0 Å². The normalized spacial score (nSPS) is 11.4. The number of halogens is 2. The number of rotatable bonds is 4. The summed E-state index contributed by atoms with van der Waals surface area (Å²) < 4.78 is 18.0. The highest BCUT2D eigenvalue weighted by molar-refractivity contribution is 8.93. The fourth-order valence-corrected chi connectivity index (χ4v) is 1.27. The third-order valence-corrected chi connectivity index (χ3v) is 2.01. The van der Waals surface area contributed by atoms with Gasteiger partial charge in [-0.1, -0.05) is 12.1 Å². The summed E-state index contributed by atoms with van der Waals surface area (Å²) in [6, 6.07) is 3.27. The largest absolute Gasteiger partial charge is 0.493 e. The molecule has 0 aromatic heterocycles. The van der Waals surface area contributed by atoms with E-state index in [2.05, 4.69) is 0 Å². The summed E-state index contributed by atoms with van der Waals surface area (Å²) in [5.41, 5.74) is 5.80. The number of para-hydroxylation sites is 1. The van der Waals surface area contributed by atoms with Crippen molar-refractivity contribution >= 4 is 23.0 Å². The van der Waals surface area contributed by atoms with E-state index < -0.39 is 17.8 Å². The van der Waals surface area contributed by atoms with Gasteiger partial charge in [0.1, 0.15) is 6.04 Å². The average Bonchev–Trinajstić information content (AvgIpc) is 2.18. The number of methoxy groups -OCH3 is 1. The number of carbonyl (C=O) groups is 1. The fraction of sp³-hybridized carbons (Fsp3) is 0.300. The Morgan fingerprint density at radius 2 is 2.25 bits per heavy atom. The van der Waals surface area contributed by atoms with Crippen LogP contribution < -0.4 is 10.5 Å². The maximum atomic E-state index is 13.2. The van der Waals surface area contributed by atoms with E-state index in [0.717, 1.165) is 0 Å². The number of nitrogens with two attached hydrogens (primary N) is 1. The molecule has 0 saturated carbocycles. The molecule has 0 bridgehead atoms. The van der Waals surface area contributed by atoms with Gasteiger partial charge in [0, 0.05) is 6.42 Å². The summed E-state index contributed by atoms with van der Waals surface area (Å²) >= 11 is 0. The molecule has 1 aromatic rings. The van der Waals surface area contributed by atoms with E-state index in [1.54, 1.807) is 6.07 Å². The monoisotopic (exact) mass is 293 g/mol. The molecule has 6 heteroatoms. The van der Waals surface area contributed by atoms with Gasteiger partial charge in [0.25, 0.3) is 0 Å². The van der Waals surface area contributed by atoms with Crippen LogP contribution in [-0.4, -0.2) is 24.2 Å². The van der Waals surface area contributed by atoms with E-state index >= 15 is 0 Å². The Morgan fingerprint density at radius 1 is 1.62 bits per heavy atom. The van der Waals surface area contributed by atoms with Gasteiger partial charge in [-0.3, -0.25) is 4.79 Å². The van der Waals surface area contributed by atoms with Gasteiger partial charge in [0.15, 0.2) is 11.6 Å². The first-order chi connectivity index (χ1) is 7.06. The first kappa shape index (κ1) is 14.9. The molecule has 0 spiro atoms. The lowest BCUT2D eigenvalue weighted by Crippen LogP contribution is -2.32. The molecule has 0 amide bonds. The predicted octanol–water partition coefficient (Wildman–Crippen LogP) is 1.37. The lowest BCUT2D eigenvalue weighted by molar-refractivity contribution is -0.138. The van der Waals surface area contributed by atoms with Gasteiger partial charge in [-0.25, -0.2) is 4.39 Å². The summed E-state index contributed by atoms with van der Waals surface area (Å²) in [4.78, 5) is 10.5. The molecule has 0 radical (unpaired) electrons. The maximum absolute atomic E-state index is 13.2. The van der Waals surface area contributed by atoms with Crippen LogP contribution in [0.4, 0.5) is 4.39 Å². The molecule has 90 valence electrons. The highest BCUT2D eigenvalue weighted by atomic mass is 79.9. The van der Waals surface area contributed by atoms with Crippen molar-refractivity contribution in [2.45, 2.75) is 12.5 Å². The van der Waals surface area contributed by atoms with Crippen LogP contribution in [0.5, 0.6) is 5.75 Å². The minimum absolute atomic E-state index is 0. The summed E-state index contributed by atoms with van der Waals surface area (Å²) in [6.07, 6.45) is 0.0380. The Morgan fingerprint density at radius 3 is 2.75 bits per heavy atom. The molecule has 3 N–H and O–H groups in total. The smallest absolute Gasteiger partial charge is 0.320 e. The average molecular weight is 294 g/mol. The molecule has 1 atom stereocenters. The Hall–Kier alpha value is -1.14. The quantitative estimate of drug-likeness (QED) is 0.879. The molecule has 0 aliphatic rings. The second-order valence-electron chi connectivity index (χ2n) is 3.08. The van der Waals surface area contributed by atoms with Crippen LogP contribution in [0.1, 0.15) is 5.56 Å². The Kier molecular flexibility index (Phi) is 5.98. The third-order valence-electron chi connectivity index (χ3n) is 2.01. The van der Waals surface area contributed by atoms with Crippen LogP contribution in [0, 0.1) is 5.82 Å². The van der Waals surface area contributed by atoms with E-state index in [1.807, 2.05) is 0 Å². The number of hydrogen-bond acceptors (Lipinski definition) is 3. The fourth-order valence-electron chi connectivity index (χ4n) is 1.27. The van der Waals surface area contributed by atoms with E-state index in [1.165, 1.54) is 19.2 Å². The third kappa shape index (κ3) is 3.46. The van der Waals surface area contributed by atoms with Crippen LogP contribution in [0.3, 0.4) is 0 Å². The molecular formula is C10H13BrFNO3. The van der Waals surface area contributed by atoms with Crippen molar-refractivity contribution in [2.75, 3.05) is 7.11 Å². The van der Waals surface area contributed by atoms with E-state index in [9.17, 15) is 9.18 Å². The number of ether oxygens (including phenoxy) is 1. The standard InChI is InChI=1S/C10H12FNO3.BrH/c1-15-9-6(3-2-4-7(9)11)5-8(12)10(13)14;/h2-4,8H,5,12H2,1H3,(H,13,14);1H. The first-order valence-electron chi connectivity index (χ1n) is 4.36. The summed E-state index contributed by atoms with van der Waals surface area (Å²) in [5, 5.41) is 8.62. The van der Waals surface area contributed by atoms with Gasteiger partial charge < -0.3 is 15.6 Å². The Bertz CT molecular complexity index is 373. The molecular weight excluding hydrogens is 281 g/mol. The zero-order valence-electron chi connectivity index (χ0n) is 8.64. The van der Waals surface area contributed by atoms with E-state index in [0.29, 0.717) is 5.56 Å². The lowest BCUT2D eigenvalue weighted by Gasteiger charge is -2.11. The molecule has 0 aliphatic carbocycles. The van der Waals surface area contributed by atoms with Crippen molar-refractivity contribution in [1.82, 2.24) is 0 Å². The molecule has 4 nitrogen and oxygen atoms in total. The van der Waals surface area contributed by atoms with Gasteiger partial charge >= 0.3 is 5.97 Å². The number of benzene rings is 1. The maximum Gasteiger partial charge on any atom is 0.320 e. The zero-order chi connectivity index (χ0) is 11.4. The lowest BCUT2D eigenvalue weighted by atomic mass is 10.1. The molecule has 0 saturated heterocycles. The van der Waals surface area contributed by atoms with Crippen molar-refractivity contribution < 1.29 is 19.0 Å². The first-order valence-corrected chi connectivity index (χ1v) is 4.36. The number of carboxylic acid groups (broad SMARTS) is 1. The minimum atomic E-state index is -1.12. The molecule has 1 aromatic carbocycles. The molecule has 1 unspecified atom stereocenters. The Balaban J connectivity index is 0.00000225. The SMILES string of the molecule is Br.COc1c(F)cccc1CC(N)C(=O)O. The van der Waals surface area contributed by atoms with Crippen molar-refractivity contribution in [3.05, 3.63) is 29.6 Å². The van der Waals surface area contributed by atoms with Crippen molar-refractivity contribution in [3.8, 4) is 5.75 Å². The van der Waals surface area contributed by atoms with Crippen molar-refractivity contribution in [3.63, 3.8) is 0 Å². The number of carboxylic acids is 1. The van der Waals surface area contributed by atoms with Crippen LogP contribution >= 0.6 is 17.0 Å². The van der Waals surface area contributed by atoms with Crippen molar-refractivity contribution in [2.24, 2.45) is 5.73 Å². The number of aliphatic carboxylic acids is 1. The zero-order valence-corrected chi connectivity index (χ0v) is 10.4. The highest BCUT2D eigenvalue weighted by Crippen LogP contribution is 2.23. The second kappa shape index (κ2) is 6.44. The van der Waals surface area contributed by atoms with Gasteiger partial charge in [0.2, 0.25) is 0 Å². The number of hydrogen-bond donors (Lipinski definition) is 2. The molecule has 16 heavy (non-hydrogen) atoms. The molecule has 0 fully saturated rings. The minimum Gasteiger partial charge on any atom is -0.493 e. The Labute approximate surface area is 103 Å². The highest BCUT2D eigenvalue weighted by Gasteiger charge is 2.16. The van der Waals surface area contributed by atoms with E-state index in [-0.39, 0.29) is 29.2 Å². The van der Waals surface area contributed by atoms with Crippen LogP contribution in [-0.2, 0) is 11.2 Å². The van der Waals surface area contributed by atoms with Crippen LogP contribution in [0.25, 0.3) is 0 Å². The van der Waals surface area contributed by atoms with Crippen molar-refractivity contribution in [1.29, 1.82) is 0 Å². The predicted molar refractivity (Wildman–Crippen MR) is 62.6 cm³/mol. The van der Waals surface area contributed by atoms with E-state index in [4.69, 9.17) is 15.6 Å². The van der Waals surface area contributed by atoms with Gasteiger partial charge in [-0.05, 0) is 11.6 Å². The summed E-state index contributed by atoms with van der Waals surface area (Å²) in [5.74, 6) is -1.59. The summed E-state index contributed by atoms with van der Waals surface area (Å²) in [7, 11) is 1.33. The second-order valence-corrected chi connectivity index (χ2v) is 3.08. The van der Waals surface area contributed by atoms with Gasteiger partial charge in [-0.2, -0.15) is 0 Å². The molecule has 0 aliphatic heterocycles. The van der Waals surface area contributed by atoms with Gasteiger partial charge in [0.05, 0.1) is 7.11 Å². The topological polar surface area (TPSA) is 72.5 Å². The van der Waals surface area contributed by atoms with Crippen LogP contribution in [0.15, 0.2) is 18.2 Å². The molecule has 1 rings (SSSR count). The summed E-state index contributed by atoms with van der Waals surface area (Å²) in [6.45, 7) is 0.